The van der Waals surface area contributed by atoms with Gasteiger partial charge in [-0.05, 0) is 42.8 Å². The molecule has 0 aromatic heterocycles. The fraction of sp³-hybridized carbons (Fsp3) is 0.222. The summed E-state index contributed by atoms with van der Waals surface area (Å²) in [4.78, 5) is 24.4. The number of halogens is 1. The van der Waals surface area contributed by atoms with Crippen LogP contribution in [-0.4, -0.2) is 32.1 Å². The third kappa shape index (κ3) is 4.81. The largest absolute Gasteiger partial charge is 0.383 e. The van der Waals surface area contributed by atoms with Crippen LogP contribution in [0.15, 0.2) is 42.5 Å². The van der Waals surface area contributed by atoms with Gasteiger partial charge in [-0.25, -0.2) is 0 Å². The van der Waals surface area contributed by atoms with Gasteiger partial charge in [0, 0.05) is 35.5 Å². The number of benzene rings is 2. The van der Waals surface area contributed by atoms with Gasteiger partial charge in [0.15, 0.2) is 0 Å². The van der Waals surface area contributed by atoms with Crippen molar-refractivity contribution < 1.29 is 14.3 Å². The molecule has 0 saturated carbocycles. The predicted molar refractivity (Wildman–Crippen MR) is 94.8 cm³/mol. The second-order valence-corrected chi connectivity index (χ2v) is 5.68. The third-order valence-corrected chi connectivity index (χ3v) is 3.66. The highest BCUT2D eigenvalue weighted by Crippen LogP contribution is 2.21. The molecule has 0 heterocycles. The van der Waals surface area contributed by atoms with Gasteiger partial charge >= 0.3 is 0 Å². The van der Waals surface area contributed by atoms with Gasteiger partial charge < -0.3 is 15.4 Å². The number of aryl methyl sites for hydroxylation is 1. The second-order valence-electron chi connectivity index (χ2n) is 5.24. The van der Waals surface area contributed by atoms with Gasteiger partial charge in [0.2, 0.25) is 0 Å². The summed E-state index contributed by atoms with van der Waals surface area (Å²) in [6.45, 7) is 2.72. The van der Waals surface area contributed by atoms with E-state index in [9.17, 15) is 9.59 Å². The van der Waals surface area contributed by atoms with E-state index in [1.54, 1.807) is 43.5 Å². The van der Waals surface area contributed by atoms with Crippen molar-refractivity contribution in [3.8, 4) is 0 Å². The van der Waals surface area contributed by atoms with Gasteiger partial charge in [0.1, 0.15) is 0 Å². The highest BCUT2D eigenvalue weighted by Gasteiger charge is 2.11. The van der Waals surface area contributed by atoms with Crippen molar-refractivity contribution >= 4 is 29.1 Å². The van der Waals surface area contributed by atoms with Crippen molar-refractivity contribution in [2.75, 3.05) is 25.6 Å². The van der Waals surface area contributed by atoms with Crippen LogP contribution in [0.1, 0.15) is 26.3 Å². The van der Waals surface area contributed by atoms with E-state index in [0.717, 1.165) is 5.56 Å². The first-order chi connectivity index (χ1) is 11.5. The molecule has 0 spiro atoms. The van der Waals surface area contributed by atoms with Gasteiger partial charge in [-0.1, -0.05) is 23.7 Å². The zero-order valence-electron chi connectivity index (χ0n) is 13.6. The number of rotatable bonds is 6. The number of ether oxygens (including phenoxy) is 1. The highest BCUT2D eigenvalue weighted by atomic mass is 35.5. The molecule has 24 heavy (non-hydrogen) atoms. The third-order valence-electron chi connectivity index (χ3n) is 3.43. The lowest BCUT2D eigenvalue weighted by molar-refractivity contribution is 0.0937. The lowest BCUT2D eigenvalue weighted by Gasteiger charge is -2.10. The van der Waals surface area contributed by atoms with Crippen LogP contribution in [0.2, 0.25) is 5.02 Å². The van der Waals surface area contributed by atoms with E-state index in [1.165, 1.54) is 0 Å². The maximum Gasteiger partial charge on any atom is 0.255 e. The average molecular weight is 347 g/mol. The second kappa shape index (κ2) is 8.47. The van der Waals surface area contributed by atoms with Crippen molar-refractivity contribution in [2.24, 2.45) is 0 Å². The van der Waals surface area contributed by atoms with Crippen molar-refractivity contribution in [2.45, 2.75) is 6.92 Å². The van der Waals surface area contributed by atoms with Crippen LogP contribution in [0, 0.1) is 6.92 Å². The Balaban J connectivity index is 2.11. The minimum absolute atomic E-state index is 0.249. The Kier molecular flexibility index (Phi) is 6.35. The molecule has 5 nitrogen and oxygen atoms in total. The smallest absolute Gasteiger partial charge is 0.255 e. The molecule has 0 aliphatic carbocycles. The molecule has 0 bridgehead atoms. The fourth-order valence-electron chi connectivity index (χ4n) is 2.09. The molecule has 2 N–H and O–H groups in total. The van der Waals surface area contributed by atoms with Crippen LogP contribution in [0.25, 0.3) is 0 Å². The van der Waals surface area contributed by atoms with Crippen molar-refractivity contribution in [3.63, 3.8) is 0 Å². The number of anilines is 1. The molecule has 2 rings (SSSR count). The van der Waals surface area contributed by atoms with E-state index in [4.69, 9.17) is 16.3 Å². The number of hydrogen-bond acceptors (Lipinski definition) is 3. The summed E-state index contributed by atoms with van der Waals surface area (Å²) >= 11 is 5.96. The Labute approximate surface area is 146 Å². The maximum absolute atomic E-state index is 12.4. The normalized spacial score (nSPS) is 10.3. The average Bonchev–Trinajstić information content (AvgIpc) is 2.58. The van der Waals surface area contributed by atoms with Crippen LogP contribution < -0.4 is 10.6 Å². The van der Waals surface area contributed by atoms with E-state index >= 15 is 0 Å². The molecule has 126 valence electrons. The molecule has 2 aromatic carbocycles. The topological polar surface area (TPSA) is 67.4 Å². The van der Waals surface area contributed by atoms with E-state index < -0.39 is 0 Å². The van der Waals surface area contributed by atoms with Crippen molar-refractivity contribution in [1.29, 1.82) is 0 Å². The van der Waals surface area contributed by atoms with Gasteiger partial charge in [0.05, 0.1) is 6.61 Å². The van der Waals surface area contributed by atoms with Gasteiger partial charge in [-0.15, -0.1) is 0 Å². The molecule has 0 fully saturated rings. The molecular weight excluding hydrogens is 328 g/mol. The SMILES string of the molecule is COCCNC(=O)c1cccc(C(=O)Nc2cc(Cl)ccc2C)c1. The summed E-state index contributed by atoms with van der Waals surface area (Å²) in [6.07, 6.45) is 0. The Morgan fingerprint density at radius 2 is 1.79 bits per heavy atom. The number of amides is 2. The lowest BCUT2D eigenvalue weighted by Crippen LogP contribution is -2.27. The number of methoxy groups -OCH3 is 1. The molecule has 6 heteroatoms. The number of nitrogens with one attached hydrogen (secondary N) is 2. The lowest BCUT2D eigenvalue weighted by atomic mass is 10.1. The first-order valence-electron chi connectivity index (χ1n) is 7.46. The predicted octanol–water partition coefficient (Wildman–Crippen LogP) is 3.28. The summed E-state index contributed by atoms with van der Waals surface area (Å²) in [6, 6.07) is 11.8. The number of hydrogen-bond donors (Lipinski definition) is 2. The minimum atomic E-state index is -0.299. The van der Waals surface area contributed by atoms with E-state index in [-0.39, 0.29) is 11.8 Å². The van der Waals surface area contributed by atoms with Crippen LogP contribution in [-0.2, 0) is 4.74 Å². The summed E-state index contributed by atoms with van der Waals surface area (Å²) < 4.78 is 4.89. The van der Waals surface area contributed by atoms with Crippen LogP contribution in [0.4, 0.5) is 5.69 Å². The Morgan fingerprint density at radius 1 is 1.08 bits per heavy atom. The Morgan fingerprint density at radius 3 is 2.50 bits per heavy atom. The molecular formula is C18H19ClN2O3. The van der Waals surface area contributed by atoms with E-state index in [1.807, 2.05) is 13.0 Å². The minimum Gasteiger partial charge on any atom is -0.383 e. The summed E-state index contributed by atoms with van der Waals surface area (Å²) in [5.41, 5.74) is 2.36. The summed E-state index contributed by atoms with van der Waals surface area (Å²) in [5, 5.41) is 6.07. The Hall–Kier alpha value is -2.37. The number of carbonyl (C=O) groups excluding carboxylic acids is 2. The molecule has 0 aliphatic heterocycles. The summed E-state index contributed by atoms with van der Waals surface area (Å²) in [5.74, 6) is -0.549. The molecule has 0 unspecified atom stereocenters. The molecule has 0 aliphatic rings. The maximum atomic E-state index is 12.4. The zero-order chi connectivity index (χ0) is 17.5. The van der Waals surface area contributed by atoms with Crippen LogP contribution in [0.5, 0.6) is 0 Å². The zero-order valence-corrected chi connectivity index (χ0v) is 14.3. The fourth-order valence-corrected chi connectivity index (χ4v) is 2.27. The van der Waals surface area contributed by atoms with Crippen LogP contribution in [0.3, 0.4) is 0 Å². The van der Waals surface area contributed by atoms with Crippen molar-refractivity contribution in [1.82, 2.24) is 5.32 Å². The van der Waals surface area contributed by atoms with Crippen LogP contribution >= 0.6 is 11.6 Å². The first-order valence-corrected chi connectivity index (χ1v) is 7.84. The van der Waals surface area contributed by atoms with Gasteiger partial charge in [0.25, 0.3) is 11.8 Å². The van der Waals surface area contributed by atoms with E-state index in [2.05, 4.69) is 10.6 Å². The van der Waals surface area contributed by atoms with E-state index in [0.29, 0.717) is 35.0 Å². The monoisotopic (exact) mass is 346 g/mol. The molecule has 0 radical (unpaired) electrons. The number of carbonyl (C=O) groups is 2. The van der Waals surface area contributed by atoms with Crippen molar-refractivity contribution in [3.05, 3.63) is 64.2 Å². The molecule has 2 aromatic rings. The molecule has 0 saturated heterocycles. The standard InChI is InChI=1S/C18H19ClN2O3/c1-12-6-7-15(19)11-16(12)21-18(23)14-5-3-4-13(10-14)17(22)20-8-9-24-2/h3-7,10-11H,8-9H2,1-2H3,(H,20,22)(H,21,23). The van der Waals surface area contributed by atoms with Gasteiger partial charge in [-0.3, -0.25) is 9.59 Å². The summed E-state index contributed by atoms with van der Waals surface area (Å²) in [7, 11) is 1.56. The molecule has 2 amide bonds. The van der Waals surface area contributed by atoms with Gasteiger partial charge in [-0.2, -0.15) is 0 Å². The quantitative estimate of drug-likeness (QED) is 0.789. The first kappa shape index (κ1) is 18.0. The highest BCUT2D eigenvalue weighted by molar-refractivity contribution is 6.31. The molecule has 0 atom stereocenters. The Bertz CT molecular complexity index is 747.